The lowest BCUT2D eigenvalue weighted by molar-refractivity contribution is -0.120. The SMILES string of the molecule is CCOc1cc(NC(=O)C(C)(C)c2csc(NS(=O)C3CC3)n2)ccc1-c1cncc(C#N)c1. The average molecular weight is 496 g/mol. The van der Waals surface area contributed by atoms with Gasteiger partial charge >= 0.3 is 0 Å². The van der Waals surface area contributed by atoms with Crippen molar-refractivity contribution < 1.29 is 13.7 Å². The van der Waals surface area contributed by atoms with Gasteiger partial charge in [-0.05, 0) is 51.8 Å². The van der Waals surface area contributed by atoms with Crippen LogP contribution in [0.3, 0.4) is 0 Å². The topological polar surface area (TPSA) is 117 Å². The normalized spacial score (nSPS) is 14.2. The minimum atomic E-state index is -1.13. The molecule has 1 aliphatic rings. The van der Waals surface area contributed by atoms with Gasteiger partial charge in [-0.15, -0.1) is 11.3 Å². The van der Waals surface area contributed by atoms with E-state index in [-0.39, 0.29) is 11.2 Å². The molecule has 1 aliphatic carbocycles. The summed E-state index contributed by atoms with van der Waals surface area (Å²) >= 11 is 1.34. The molecule has 0 radical (unpaired) electrons. The Balaban J connectivity index is 1.52. The van der Waals surface area contributed by atoms with Crippen LogP contribution in [0.4, 0.5) is 10.8 Å². The third kappa shape index (κ3) is 5.26. The molecule has 0 saturated heterocycles. The Labute approximate surface area is 205 Å². The zero-order valence-corrected chi connectivity index (χ0v) is 20.8. The lowest BCUT2D eigenvalue weighted by Crippen LogP contribution is -2.35. The standard InChI is InChI=1S/C24H25N5O3S2/c1-4-32-20-10-17(5-8-19(20)16-9-15(11-25)12-26-13-16)27-22(30)24(2,3)21-14-33-23(28-21)29-34(31)18-6-7-18/h5,8-10,12-14,18H,4,6-7H2,1-3H3,(H,27,30)(H,28,29). The monoisotopic (exact) mass is 495 g/mol. The van der Waals surface area contributed by atoms with Gasteiger partial charge in [0.05, 0.1) is 28.5 Å². The van der Waals surface area contributed by atoms with Gasteiger partial charge in [-0.25, -0.2) is 9.19 Å². The number of aromatic nitrogens is 2. The molecule has 1 saturated carbocycles. The van der Waals surface area contributed by atoms with Gasteiger partial charge in [0.25, 0.3) is 0 Å². The van der Waals surface area contributed by atoms with Crippen LogP contribution in [-0.4, -0.2) is 31.9 Å². The van der Waals surface area contributed by atoms with Crippen LogP contribution < -0.4 is 14.8 Å². The van der Waals surface area contributed by atoms with Crippen LogP contribution in [0.15, 0.2) is 42.0 Å². The number of hydrogen-bond acceptors (Lipinski definition) is 7. The first-order valence-electron chi connectivity index (χ1n) is 10.9. The molecule has 0 aliphatic heterocycles. The van der Waals surface area contributed by atoms with Crippen LogP contribution in [0.2, 0.25) is 0 Å². The highest BCUT2D eigenvalue weighted by molar-refractivity contribution is 7.87. The number of ether oxygens (including phenoxy) is 1. The Kier molecular flexibility index (Phi) is 6.95. The average Bonchev–Trinajstić information content (AvgIpc) is 3.58. The van der Waals surface area contributed by atoms with E-state index in [0.29, 0.717) is 34.4 Å². The fraction of sp³-hybridized carbons (Fsp3) is 0.333. The Hall–Kier alpha value is -3.29. The number of nitrogens with zero attached hydrogens (tertiary/aromatic N) is 3. The first-order valence-corrected chi connectivity index (χ1v) is 13.0. The number of rotatable bonds is 9. The number of nitrogens with one attached hydrogen (secondary N) is 2. The summed E-state index contributed by atoms with van der Waals surface area (Å²) in [7, 11) is -1.13. The molecule has 10 heteroatoms. The molecule has 1 unspecified atom stereocenters. The molecule has 2 aromatic heterocycles. The third-order valence-electron chi connectivity index (χ3n) is 5.44. The molecule has 1 fully saturated rings. The predicted octanol–water partition coefficient (Wildman–Crippen LogP) is 4.63. The molecule has 0 bridgehead atoms. The van der Waals surface area contributed by atoms with Gasteiger partial charge in [-0.2, -0.15) is 5.26 Å². The van der Waals surface area contributed by atoms with Crippen molar-refractivity contribution in [3.63, 3.8) is 0 Å². The maximum absolute atomic E-state index is 13.2. The van der Waals surface area contributed by atoms with Crippen LogP contribution >= 0.6 is 11.3 Å². The number of benzene rings is 1. The second-order valence-electron chi connectivity index (χ2n) is 8.43. The molecule has 2 N–H and O–H groups in total. The summed E-state index contributed by atoms with van der Waals surface area (Å²) in [6, 6.07) is 9.23. The highest BCUT2D eigenvalue weighted by atomic mass is 32.2. The fourth-order valence-electron chi connectivity index (χ4n) is 3.22. The van der Waals surface area contributed by atoms with Gasteiger partial charge in [0, 0.05) is 40.7 Å². The molecule has 1 aromatic carbocycles. The van der Waals surface area contributed by atoms with E-state index in [1.54, 1.807) is 38.2 Å². The molecule has 3 aromatic rings. The number of carbonyl (C=O) groups excluding carboxylic acids is 1. The second-order valence-corrected chi connectivity index (χ2v) is 10.8. The predicted molar refractivity (Wildman–Crippen MR) is 134 cm³/mol. The quantitative estimate of drug-likeness (QED) is 0.447. The smallest absolute Gasteiger partial charge is 0.236 e. The number of thiazole rings is 1. The summed E-state index contributed by atoms with van der Waals surface area (Å²) in [6.07, 6.45) is 5.11. The van der Waals surface area contributed by atoms with E-state index in [0.717, 1.165) is 24.0 Å². The Bertz CT molecular complexity index is 1280. The third-order valence-corrected chi connectivity index (χ3v) is 7.80. The summed E-state index contributed by atoms with van der Waals surface area (Å²) in [5, 5.41) is 14.7. The Morgan fingerprint density at radius 2 is 2.12 bits per heavy atom. The number of anilines is 2. The summed E-state index contributed by atoms with van der Waals surface area (Å²) in [6.45, 7) is 5.93. The van der Waals surface area contributed by atoms with E-state index in [2.05, 4.69) is 26.1 Å². The maximum Gasteiger partial charge on any atom is 0.236 e. The lowest BCUT2D eigenvalue weighted by Gasteiger charge is -2.22. The van der Waals surface area contributed by atoms with Gasteiger partial charge in [-0.1, -0.05) is 0 Å². The summed E-state index contributed by atoms with van der Waals surface area (Å²) in [5.74, 6) is 0.355. The van der Waals surface area contributed by atoms with Gasteiger partial charge in [0.1, 0.15) is 22.8 Å². The van der Waals surface area contributed by atoms with Crippen molar-refractivity contribution in [1.82, 2.24) is 9.97 Å². The molecule has 1 atom stereocenters. The number of pyridine rings is 1. The lowest BCUT2D eigenvalue weighted by atomic mass is 9.89. The first-order chi connectivity index (χ1) is 16.3. The maximum atomic E-state index is 13.2. The summed E-state index contributed by atoms with van der Waals surface area (Å²) in [4.78, 5) is 21.8. The van der Waals surface area contributed by atoms with E-state index in [1.807, 2.05) is 18.4 Å². The van der Waals surface area contributed by atoms with E-state index in [4.69, 9.17) is 4.74 Å². The van der Waals surface area contributed by atoms with Crippen LogP contribution in [0, 0.1) is 11.3 Å². The van der Waals surface area contributed by atoms with E-state index in [9.17, 15) is 14.3 Å². The van der Waals surface area contributed by atoms with Gasteiger partial charge in [0.2, 0.25) is 5.91 Å². The zero-order chi connectivity index (χ0) is 24.3. The molecular formula is C24H25N5O3S2. The Morgan fingerprint density at radius 1 is 1.32 bits per heavy atom. The molecule has 4 rings (SSSR count). The van der Waals surface area contributed by atoms with Crippen LogP contribution in [-0.2, 0) is 21.2 Å². The molecule has 0 spiro atoms. The van der Waals surface area contributed by atoms with E-state index in [1.165, 1.54) is 17.5 Å². The minimum Gasteiger partial charge on any atom is -0.493 e. The van der Waals surface area contributed by atoms with Crippen LogP contribution in [0.5, 0.6) is 5.75 Å². The molecular weight excluding hydrogens is 470 g/mol. The largest absolute Gasteiger partial charge is 0.493 e. The van der Waals surface area contributed by atoms with Crippen molar-refractivity contribution in [3.05, 3.63) is 53.3 Å². The summed E-state index contributed by atoms with van der Waals surface area (Å²) < 4.78 is 20.9. The first kappa shape index (κ1) is 23.9. The highest BCUT2D eigenvalue weighted by Crippen LogP contribution is 2.35. The molecule has 176 valence electrons. The van der Waals surface area contributed by atoms with Crippen molar-refractivity contribution in [2.24, 2.45) is 0 Å². The van der Waals surface area contributed by atoms with E-state index < -0.39 is 16.4 Å². The number of amides is 1. The van der Waals surface area contributed by atoms with Gasteiger partial charge < -0.3 is 10.1 Å². The zero-order valence-electron chi connectivity index (χ0n) is 19.1. The van der Waals surface area contributed by atoms with Crippen LogP contribution in [0.25, 0.3) is 11.1 Å². The van der Waals surface area contributed by atoms with Crippen molar-refractivity contribution in [2.75, 3.05) is 16.6 Å². The molecule has 1 amide bonds. The minimum absolute atomic E-state index is 0.198. The van der Waals surface area contributed by atoms with Gasteiger partial charge in [-0.3, -0.25) is 14.5 Å². The van der Waals surface area contributed by atoms with Crippen LogP contribution in [0.1, 0.15) is 44.9 Å². The molecule has 8 nitrogen and oxygen atoms in total. The molecule has 34 heavy (non-hydrogen) atoms. The number of carbonyl (C=O) groups is 1. The summed E-state index contributed by atoms with van der Waals surface area (Å²) in [5.41, 5.74) is 2.27. The van der Waals surface area contributed by atoms with Crippen molar-refractivity contribution in [2.45, 2.75) is 44.3 Å². The van der Waals surface area contributed by atoms with Crippen molar-refractivity contribution in [3.8, 4) is 22.9 Å². The fourth-order valence-corrected chi connectivity index (χ4v) is 5.33. The Morgan fingerprint density at radius 3 is 2.82 bits per heavy atom. The highest BCUT2D eigenvalue weighted by Gasteiger charge is 2.34. The van der Waals surface area contributed by atoms with Crippen molar-refractivity contribution in [1.29, 1.82) is 5.26 Å². The van der Waals surface area contributed by atoms with Crippen molar-refractivity contribution >= 4 is 39.0 Å². The second kappa shape index (κ2) is 9.91. The number of hydrogen-bond donors (Lipinski definition) is 2. The molecule has 2 heterocycles. The number of nitriles is 1. The van der Waals surface area contributed by atoms with Gasteiger partial charge in [0.15, 0.2) is 5.13 Å². The van der Waals surface area contributed by atoms with E-state index >= 15 is 0 Å².